The van der Waals surface area contributed by atoms with Gasteiger partial charge in [0.15, 0.2) is 0 Å². The Kier molecular flexibility index (Phi) is 7.12. The molecule has 1 nitrogen and oxygen atoms in total. The molecule has 0 fully saturated rings. The highest BCUT2D eigenvalue weighted by Gasteiger charge is 2.21. The Morgan fingerprint density at radius 3 is 1.94 bits per heavy atom. The van der Waals surface area contributed by atoms with E-state index >= 15 is 0 Å². The number of rotatable bonds is 9. The molecule has 0 saturated heterocycles. The van der Waals surface area contributed by atoms with Gasteiger partial charge in [0.2, 0.25) is 0 Å². The van der Waals surface area contributed by atoms with Crippen molar-refractivity contribution >= 4 is 7.14 Å². The van der Waals surface area contributed by atoms with Gasteiger partial charge in [0.1, 0.15) is 0 Å². The standard InChI is InChI=1S/C14H27OP/c1-2-3-4-5-6-7-8-9-12-16(15)13-10-11-14-16/h10-11H,2-9,12-14H2,1H3. The first-order chi connectivity index (χ1) is 7.77. The van der Waals surface area contributed by atoms with Gasteiger partial charge in [-0.3, -0.25) is 0 Å². The zero-order valence-corrected chi connectivity index (χ0v) is 11.7. The largest absolute Gasteiger partial charge is 0.323 e. The third kappa shape index (κ3) is 5.89. The first-order valence-corrected chi connectivity index (χ1v) is 9.25. The third-order valence-corrected chi connectivity index (χ3v) is 6.35. The molecule has 0 aromatic heterocycles. The van der Waals surface area contributed by atoms with Crippen LogP contribution < -0.4 is 0 Å². The van der Waals surface area contributed by atoms with E-state index in [1.54, 1.807) is 0 Å². The number of hydrogen-bond acceptors (Lipinski definition) is 1. The topological polar surface area (TPSA) is 17.1 Å². The fourth-order valence-electron chi connectivity index (χ4n) is 2.32. The Bertz CT molecular complexity index is 233. The molecule has 1 heterocycles. The average molecular weight is 242 g/mol. The Morgan fingerprint density at radius 1 is 0.875 bits per heavy atom. The first kappa shape index (κ1) is 14.0. The maximum Gasteiger partial charge on any atom is 0.0949 e. The van der Waals surface area contributed by atoms with Crippen LogP contribution in [0.5, 0.6) is 0 Å². The minimum atomic E-state index is -1.75. The Labute approximate surface area is 101 Å². The van der Waals surface area contributed by atoms with Gasteiger partial charge in [-0.1, -0.05) is 64.0 Å². The molecule has 0 N–H and O–H groups in total. The fraction of sp³-hybridized carbons (Fsp3) is 0.857. The second-order valence-corrected chi connectivity index (χ2v) is 8.39. The minimum absolute atomic E-state index is 0.878. The van der Waals surface area contributed by atoms with Gasteiger partial charge in [0, 0.05) is 18.5 Å². The van der Waals surface area contributed by atoms with E-state index < -0.39 is 7.14 Å². The van der Waals surface area contributed by atoms with Crippen molar-refractivity contribution < 1.29 is 4.57 Å². The highest BCUT2D eigenvalue weighted by Crippen LogP contribution is 2.49. The lowest BCUT2D eigenvalue weighted by atomic mass is 10.1. The zero-order chi connectivity index (χ0) is 11.7. The second-order valence-electron chi connectivity index (χ2n) is 5.09. The minimum Gasteiger partial charge on any atom is -0.323 e. The summed E-state index contributed by atoms with van der Waals surface area (Å²) in [6.07, 6.45) is 17.7. The maximum absolute atomic E-state index is 12.1. The van der Waals surface area contributed by atoms with Gasteiger partial charge < -0.3 is 4.57 Å². The van der Waals surface area contributed by atoms with Crippen LogP contribution in [-0.4, -0.2) is 18.5 Å². The number of hydrogen-bond donors (Lipinski definition) is 0. The molecule has 2 heteroatoms. The highest BCUT2D eigenvalue weighted by molar-refractivity contribution is 7.64. The Morgan fingerprint density at radius 2 is 1.38 bits per heavy atom. The lowest BCUT2D eigenvalue weighted by Crippen LogP contribution is -1.92. The normalized spacial score (nSPS) is 18.1. The van der Waals surface area contributed by atoms with Crippen molar-refractivity contribution in [2.45, 2.75) is 58.3 Å². The molecular formula is C14H27OP. The van der Waals surface area contributed by atoms with Crippen molar-refractivity contribution in [3.05, 3.63) is 12.2 Å². The van der Waals surface area contributed by atoms with Crippen LogP contribution in [0.3, 0.4) is 0 Å². The van der Waals surface area contributed by atoms with E-state index in [9.17, 15) is 4.57 Å². The molecule has 1 aliphatic heterocycles. The van der Waals surface area contributed by atoms with Gasteiger partial charge in [0.05, 0.1) is 7.14 Å². The molecule has 1 rings (SSSR count). The lowest BCUT2D eigenvalue weighted by Gasteiger charge is -2.10. The fourth-order valence-corrected chi connectivity index (χ4v) is 4.70. The summed E-state index contributed by atoms with van der Waals surface area (Å²) in [6.45, 7) is 2.26. The molecule has 0 atom stereocenters. The average Bonchev–Trinajstić information content (AvgIpc) is 2.70. The molecular weight excluding hydrogens is 215 g/mol. The SMILES string of the molecule is CCCCCCCCCCP1(=O)CC=CC1. The third-order valence-electron chi connectivity index (χ3n) is 3.46. The number of unbranched alkanes of at least 4 members (excludes halogenated alkanes) is 7. The van der Waals surface area contributed by atoms with Crippen molar-refractivity contribution in [1.29, 1.82) is 0 Å². The van der Waals surface area contributed by atoms with Crippen LogP contribution in [0.4, 0.5) is 0 Å². The van der Waals surface area contributed by atoms with Crippen molar-refractivity contribution in [3.63, 3.8) is 0 Å². The van der Waals surface area contributed by atoms with Gasteiger partial charge in [-0.2, -0.15) is 0 Å². The van der Waals surface area contributed by atoms with Crippen LogP contribution in [0, 0.1) is 0 Å². The van der Waals surface area contributed by atoms with Crippen molar-refractivity contribution in [3.8, 4) is 0 Å². The Hall–Kier alpha value is -0.0300. The van der Waals surface area contributed by atoms with E-state index in [0.717, 1.165) is 18.5 Å². The molecule has 16 heavy (non-hydrogen) atoms. The summed E-state index contributed by atoms with van der Waals surface area (Å²) >= 11 is 0. The van der Waals surface area contributed by atoms with E-state index in [1.165, 1.54) is 51.4 Å². The second kappa shape index (κ2) is 8.12. The molecule has 0 saturated carbocycles. The van der Waals surface area contributed by atoms with E-state index in [4.69, 9.17) is 0 Å². The van der Waals surface area contributed by atoms with E-state index in [0.29, 0.717) is 0 Å². The summed E-state index contributed by atoms with van der Waals surface area (Å²) in [7, 11) is -1.75. The van der Waals surface area contributed by atoms with Crippen LogP contribution in [0.1, 0.15) is 58.3 Å². The van der Waals surface area contributed by atoms with Gasteiger partial charge in [-0.15, -0.1) is 0 Å². The smallest absolute Gasteiger partial charge is 0.0949 e. The summed E-state index contributed by atoms with van der Waals surface area (Å²) in [6, 6.07) is 0. The molecule has 0 amide bonds. The van der Waals surface area contributed by atoms with Crippen LogP contribution in [0.15, 0.2) is 12.2 Å². The van der Waals surface area contributed by atoms with E-state index in [-0.39, 0.29) is 0 Å². The quantitative estimate of drug-likeness (QED) is 0.314. The molecule has 0 unspecified atom stereocenters. The first-order valence-electron chi connectivity index (χ1n) is 6.99. The summed E-state index contributed by atoms with van der Waals surface area (Å²) in [5, 5.41) is 0. The summed E-state index contributed by atoms with van der Waals surface area (Å²) in [4.78, 5) is 0. The van der Waals surface area contributed by atoms with Crippen LogP contribution in [0.25, 0.3) is 0 Å². The van der Waals surface area contributed by atoms with Crippen molar-refractivity contribution in [2.24, 2.45) is 0 Å². The monoisotopic (exact) mass is 242 g/mol. The van der Waals surface area contributed by atoms with E-state index in [1.807, 2.05) is 0 Å². The molecule has 0 aliphatic carbocycles. The van der Waals surface area contributed by atoms with Gasteiger partial charge in [-0.05, 0) is 6.42 Å². The maximum atomic E-state index is 12.1. The van der Waals surface area contributed by atoms with Gasteiger partial charge in [0.25, 0.3) is 0 Å². The van der Waals surface area contributed by atoms with Crippen molar-refractivity contribution in [1.82, 2.24) is 0 Å². The van der Waals surface area contributed by atoms with Crippen molar-refractivity contribution in [2.75, 3.05) is 18.5 Å². The predicted octanol–water partition coefficient (Wildman–Crippen LogP) is 5.06. The summed E-state index contributed by atoms with van der Waals surface area (Å²) in [5.41, 5.74) is 0. The molecule has 0 aromatic rings. The van der Waals surface area contributed by atoms with Crippen LogP contribution in [0.2, 0.25) is 0 Å². The van der Waals surface area contributed by atoms with Gasteiger partial charge >= 0.3 is 0 Å². The molecule has 0 spiro atoms. The number of allylic oxidation sites excluding steroid dienone is 2. The van der Waals surface area contributed by atoms with E-state index in [2.05, 4.69) is 19.1 Å². The molecule has 0 aromatic carbocycles. The summed E-state index contributed by atoms with van der Waals surface area (Å²) in [5.74, 6) is 0. The van der Waals surface area contributed by atoms with Crippen LogP contribution in [-0.2, 0) is 4.57 Å². The highest BCUT2D eigenvalue weighted by atomic mass is 31.2. The van der Waals surface area contributed by atoms with Crippen LogP contribution >= 0.6 is 7.14 Å². The van der Waals surface area contributed by atoms with Gasteiger partial charge in [-0.25, -0.2) is 0 Å². The summed E-state index contributed by atoms with van der Waals surface area (Å²) < 4.78 is 12.1. The lowest BCUT2D eigenvalue weighted by molar-refractivity contribution is 0.567. The zero-order valence-electron chi connectivity index (χ0n) is 10.8. The molecule has 94 valence electrons. The molecule has 0 radical (unpaired) electrons. The molecule has 1 aliphatic rings. The predicted molar refractivity (Wildman–Crippen MR) is 74.0 cm³/mol. The molecule has 0 bridgehead atoms. The Balaban J connectivity index is 1.86.